The Morgan fingerprint density at radius 2 is 1.83 bits per heavy atom. The molecule has 188 valence electrons. The van der Waals surface area contributed by atoms with Gasteiger partial charge < -0.3 is 4.90 Å². The molecule has 35 heavy (non-hydrogen) atoms. The predicted molar refractivity (Wildman–Crippen MR) is 138 cm³/mol. The minimum Gasteiger partial charge on any atom is -0.354 e. The van der Waals surface area contributed by atoms with Crippen LogP contribution < -0.4 is 4.90 Å². The van der Waals surface area contributed by atoms with Crippen molar-refractivity contribution < 1.29 is 9.59 Å². The molecule has 1 aromatic rings. The lowest BCUT2D eigenvalue weighted by molar-refractivity contribution is -0.131. The van der Waals surface area contributed by atoms with Crippen LogP contribution in [0, 0.1) is 34.5 Å². The van der Waals surface area contributed by atoms with Crippen molar-refractivity contribution in [3.63, 3.8) is 0 Å². The van der Waals surface area contributed by atoms with E-state index in [2.05, 4.69) is 34.7 Å². The first-order chi connectivity index (χ1) is 16.9. The van der Waals surface area contributed by atoms with Crippen molar-refractivity contribution in [1.82, 2.24) is 9.88 Å². The summed E-state index contributed by atoms with van der Waals surface area (Å²) in [6.45, 7) is 9.28. The molecule has 0 amide bonds. The zero-order chi connectivity index (χ0) is 24.2. The van der Waals surface area contributed by atoms with E-state index in [9.17, 15) is 9.59 Å². The first-order valence-electron chi connectivity index (χ1n) is 14.0. The number of fused-ring (bicyclic) bond motifs is 5. The van der Waals surface area contributed by atoms with Gasteiger partial charge in [-0.05, 0) is 91.7 Å². The second-order valence-corrected chi connectivity index (χ2v) is 12.6. The van der Waals surface area contributed by atoms with E-state index in [0.29, 0.717) is 29.9 Å². The molecule has 0 unspecified atom stereocenters. The monoisotopic (exact) mass is 475 g/mol. The summed E-state index contributed by atoms with van der Waals surface area (Å²) in [5.41, 5.74) is 1.82. The minimum atomic E-state index is 0.163. The largest absolute Gasteiger partial charge is 0.354 e. The van der Waals surface area contributed by atoms with Gasteiger partial charge in [0, 0.05) is 44.7 Å². The van der Waals surface area contributed by atoms with Crippen LogP contribution in [0.4, 0.5) is 5.82 Å². The van der Waals surface area contributed by atoms with Crippen LogP contribution >= 0.6 is 0 Å². The van der Waals surface area contributed by atoms with E-state index in [1.807, 2.05) is 24.4 Å². The fourth-order valence-corrected chi connectivity index (χ4v) is 9.09. The van der Waals surface area contributed by atoms with Gasteiger partial charge in [0.15, 0.2) is 5.78 Å². The number of allylic oxidation sites excluding steroid dienone is 1. The van der Waals surface area contributed by atoms with Gasteiger partial charge in [0.1, 0.15) is 11.6 Å². The van der Waals surface area contributed by atoms with Crippen LogP contribution in [0.25, 0.3) is 0 Å². The van der Waals surface area contributed by atoms with Crippen molar-refractivity contribution in [2.75, 3.05) is 37.6 Å². The second-order valence-electron chi connectivity index (χ2n) is 12.6. The third-order valence-corrected chi connectivity index (χ3v) is 11.1. The number of rotatable bonds is 4. The second kappa shape index (κ2) is 8.83. The molecule has 0 bridgehead atoms. The lowest BCUT2D eigenvalue weighted by Gasteiger charge is -2.58. The molecule has 0 aromatic carbocycles. The maximum absolute atomic E-state index is 13.7. The Labute approximate surface area is 210 Å². The molecule has 2 heterocycles. The smallest absolute Gasteiger partial charge is 0.155 e. The maximum Gasteiger partial charge on any atom is 0.155 e. The Balaban J connectivity index is 1.11. The van der Waals surface area contributed by atoms with Crippen LogP contribution in [-0.2, 0) is 9.59 Å². The number of hydrogen-bond acceptors (Lipinski definition) is 5. The molecule has 4 fully saturated rings. The quantitative estimate of drug-likeness (QED) is 0.619. The number of hydrogen-bond donors (Lipinski definition) is 0. The molecule has 1 aliphatic heterocycles. The lowest BCUT2D eigenvalue weighted by Crippen LogP contribution is -2.52. The number of Topliss-reactive ketones (excluding diaryl/α,β-unsaturated/α-hetero) is 1. The molecular formula is C30H41N3O2. The number of piperazine rings is 1. The van der Waals surface area contributed by atoms with Crippen LogP contribution in [0.2, 0.25) is 0 Å². The van der Waals surface area contributed by atoms with Crippen molar-refractivity contribution in [3.05, 3.63) is 36.0 Å². The molecule has 5 aliphatic rings. The SMILES string of the molecule is C[C@]12CC[C@H]3[C@@H](CCC4=CC(=O)CC[C@@]43C)[C@@H]1CC[C@@H]2C(=O)CN1CCN(c2ccccn2)CC1. The van der Waals surface area contributed by atoms with Gasteiger partial charge in [0.05, 0.1) is 6.54 Å². The fourth-order valence-electron chi connectivity index (χ4n) is 9.09. The van der Waals surface area contributed by atoms with Crippen LogP contribution in [0.15, 0.2) is 36.0 Å². The van der Waals surface area contributed by atoms with E-state index in [1.165, 1.54) is 31.3 Å². The third-order valence-electron chi connectivity index (χ3n) is 11.1. The number of ketones is 2. The molecule has 0 radical (unpaired) electrons. The van der Waals surface area contributed by atoms with E-state index < -0.39 is 0 Å². The number of pyridine rings is 1. The van der Waals surface area contributed by atoms with Crippen molar-refractivity contribution in [3.8, 4) is 0 Å². The summed E-state index contributed by atoms with van der Waals surface area (Å²) >= 11 is 0. The molecule has 5 nitrogen and oxygen atoms in total. The number of carbonyl (C=O) groups excluding carboxylic acids is 2. The summed E-state index contributed by atoms with van der Waals surface area (Å²) in [5.74, 6) is 4.19. The fraction of sp³-hybridized carbons (Fsp3) is 0.700. The molecule has 0 spiro atoms. The number of nitrogens with zero attached hydrogens (tertiary/aromatic N) is 3. The van der Waals surface area contributed by atoms with E-state index in [4.69, 9.17) is 0 Å². The highest BCUT2D eigenvalue weighted by atomic mass is 16.1. The topological polar surface area (TPSA) is 53.5 Å². The standard InChI is InChI=1S/C30H41N3O2/c1-29-12-10-22(34)19-21(29)6-7-23-24-8-9-26(30(24,2)13-11-25(23)29)27(35)20-32-15-17-33(18-16-32)28-5-3-4-14-31-28/h3-5,14,19,23-26H,6-13,15-18,20H2,1-2H3/t23-,24-,25-,26+,29-,30-/m0/s1. The number of anilines is 1. The van der Waals surface area contributed by atoms with E-state index in [1.54, 1.807) is 0 Å². The van der Waals surface area contributed by atoms with Gasteiger partial charge in [-0.15, -0.1) is 0 Å². The molecule has 1 saturated heterocycles. The lowest BCUT2D eigenvalue weighted by atomic mass is 9.46. The zero-order valence-corrected chi connectivity index (χ0v) is 21.5. The average Bonchev–Trinajstić information content (AvgIpc) is 3.23. The van der Waals surface area contributed by atoms with Gasteiger partial charge in [-0.2, -0.15) is 0 Å². The molecule has 6 atom stereocenters. The van der Waals surface area contributed by atoms with Gasteiger partial charge >= 0.3 is 0 Å². The highest BCUT2D eigenvalue weighted by molar-refractivity contribution is 5.91. The van der Waals surface area contributed by atoms with Crippen LogP contribution in [0.5, 0.6) is 0 Å². The molecule has 1 aromatic heterocycles. The Kier molecular flexibility index (Phi) is 5.90. The van der Waals surface area contributed by atoms with Gasteiger partial charge in [0.2, 0.25) is 0 Å². The molecular weight excluding hydrogens is 434 g/mol. The van der Waals surface area contributed by atoms with Crippen molar-refractivity contribution in [2.24, 2.45) is 34.5 Å². The van der Waals surface area contributed by atoms with E-state index >= 15 is 0 Å². The summed E-state index contributed by atoms with van der Waals surface area (Å²) in [6, 6.07) is 6.08. The Morgan fingerprint density at radius 3 is 2.60 bits per heavy atom. The van der Waals surface area contributed by atoms with E-state index in [-0.39, 0.29) is 16.7 Å². The van der Waals surface area contributed by atoms with Gasteiger partial charge in [-0.1, -0.05) is 25.5 Å². The summed E-state index contributed by atoms with van der Waals surface area (Å²) in [6.07, 6.45) is 12.6. The van der Waals surface area contributed by atoms with Gasteiger partial charge in [-0.25, -0.2) is 4.98 Å². The minimum absolute atomic E-state index is 0.163. The van der Waals surface area contributed by atoms with E-state index in [0.717, 1.165) is 63.6 Å². The maximum atomic E-state index is 13.7. The van der Waals surface area contributed by atoms with Crippen molar-refractivity contribution in [2.45, 2.75) is 65.2 Å². The van der Waals surface area contributed by atoms with Crippen molar-refractivity contribution in [1.29, 1.82) is 0 Å². The number of carbonyl (C=O) groups is 2. The number of aromatic nitrogens is 1. The summed E-state index contributed by atoms with van der Waals surface area (Å²) in [4.78, 5) is 35.0. The summed E-state index contributed by atoms with van der Waals surface area (Å²) < 4.78 is 0. The Hall–Kier alpha value is -2.01. The molecule has 3 saturated carbocycles. The van der Waals surface area contributed by atoms with Crippen LogP contribution in [0.1, 0.15) is 65.2 Å². The predicted octanol–water partition coefficient (Wildman–Crippen LogP) is 4.92. The Morgan fingerprint density at radius 1 is 1.00 bits per heavy atom. The normalized spacial score (nSPS) is 39.4. The van der Waals surface area contributed by atoms with Crippen LogP contribution in [0.3, 0.4) is 0 Å². The van der Waals surface area contributed by atoms with Gasteiger partial charge in [-0.3, -0.25) is 14.5 Å². The Bertz CT molecular complexity index is 1010. The van der Waals surface area contributed by atoms with Crippen LogP contribution in [-0.4, -0.2) is 54.2 Å². The molecule has 5 heteroatoms. The molecule has 0 N–H and O–H groups in total. The molecule has 6 rings (SSSR count). The first-order valence-corrected chi connectivity index (χ1v) is 14.0. The third kappa shape index (κ3) is 3.89. The highest BCUT2D eigenvalue weighted by Gasteiger charge is 2.60. The zero-order valence-electron chi connectivity index (χ0n) is 21.5. The average molecular weight is 476 g/mol. The summed E-state index contributed by atoms with van der Waals surface area (Å²) in [5, 5.41) is 0. The first kappa shape index (κ1) is 23.4. The van der Waals surface area contributed by atoms with Gasteiger partial charge in [0.25, 0.3) is 0 Å². The van der Waals surface area contributed by atoms with Crippen molar-refractivity contribution >= 4 is 17.4 Å². The highest BCUT2D eigenvalue weighted by Crippen LogP contribution is 2.66. The molecule has 4 aliphatic carbocycles. The summed E-state index contributed by atoms with van der Waals surface area (Å²) in [7, 11) is 0.